The Balaban J connectivity index is 1.53. The third-order valence-corrected chi connectivity index (χ3v) is 14.7. The Kier molecular flexibility index (Phi) is 11.0. The van der Waals surface area contributed by atoms with Gasteiger partial charge >= 0.3 is 17.8 Å². The quantitative estimate of drug-likeness (QED) is 0.149. The lowest BCUT2D eigenvalue weighted by molar-refractivity contribution is -0.254. The molecule has 322 valence electrons. The van der Waals surface area contributed by atoms with E-state index in [1.165, 1.54) is 12.1 Å². The molecule has 1 unspecified atom stereocenters. The second kappa shape index (κ2) is 15.0. The zero-order valence-corrected chi connectivity index (χ0v) is 38.8. The SMILES string of the molecule is CC(C)(C)c1ccc(-c2cc(C3=C(c4cc(-c5ccc(C(C)(C)C)cc5)sc4-c4ccc(C(C)(C)C)cc4)C(F)(F)C(F)(F)C3(F)F)c(C3=CCC(C(C)(C)C)C=C3)s2)cc1. The van der Waals surface area contributed by atoms with E-state index in [-0.39, 0.29) is 48.5 Å². The predicted molar refractivity (Wildman–Crippen MR) is 247 cm³/mol. The summed E-state index contributed by atoms with van der Waals surface area (Å²) in [5.41, 5.74) is 1.48. The van der Waals surface area contributed by atoms with Crippen molar-refractivity contribution in [2.24, 2.45) is 11.3 Å². The van der Waals surface area contributed by atoms with Gasteiger partial charge in [0.15, 0.2) is 0 Å². The number of hydrogen-bond acceptors (Lipinski definition) is 2. The Bertz CT molecular complexity index is 2530. The van der Waals surface area contributed by atoms with Gasteiger partial charge in [0.05, 0.1) is 0 Å². The number of halogens is 6. The van der Waals surface area contributed by atoms with Crippen molar-refractivity contribution in [3.63, 3.8) is 0 Å². The van der Waals surface area contributed by atoms with Crippen molar-refractivity contribution in [2.45, 2.75) is 124 Å². The first-order chi connectivity index (χ1) is 28.0. The summed E-state index contributed by atoms with van der Waals surface area (Å²) in [6.07, 6.45) is 6.34. The maximum Gasteiger partial charge on any atom is 0.380 e. The fraction of sp³-hybridized carbons (Fsp3) is 0.396. The first-order valence-electron chi connectivity index (χ1n) is 20.9. The maximum absolute atomic E-state index is 17.0. The van der Waals surface area contributed by atoms with Crippen LogP contribution in [0.1, 0.15) is 122 Å². The second-order valence-corrected chi connectivity index (χ2v) is 23.0. The lowest BCUT2D eigenvalue weighted by atomic mass is 9.76. The van der Waals surface area contributed by atoms with Crippen molar-refractivity contribution in [3.05, 3.63) is 136 Å². The Labute approximate surface area is 366 Å². The van der Waals surface area contributed by atoms with Crippen LogP contribution in [0.4, 0.5) is 26.3 Å². The molecule has 0 aliphatic heterocycles. The lowest BCUT2D eigenvalue weighted by Crippen LogP contribution is -2.48. The molecule has 5 aromatic rings. The van der Waals surface area contributed by atoms with Crippen molar-refractivity contribution in [1.29, 1.82) is 0 Å². The van der Waals surface area contributed by atoms with Gasteiger partial charge in [-0.3, -0.25) is 0 Å². The fourth-order valence-electron chi connectivity index (χ4n) is 8.12. The summed E-state index contributed by atoms with van der Waals surface area (Å²) in [4.78, 5) is 1.49. The summed E-state index contributed by atoms with van der Waals surface area (Å²) in [7, 11) is 0. The Hall–Kier alpha value is -4.14. The summed E-state index contributed by atoms with van der Waals surface area (Å²) in [5.74, 6) is -16.1. The molecule has 1 atom stereocenters. The summed E-state index contributed by atoms with van der Waals surface area (Å²) in [6, 6.07) is 25.4. The van der Waals surface area contributed by atoms with Gasteiger partial charge in [-0.2, -0.15) is 26.3 Å². The van der Waals surface area contributed by atoms with Crippen molar-refractivity contribution >= 4 is 39.4 Å². The first kappa shape index (κ1) is 44.9. The topological polar surface area (TPSA) is 0 Å². The van der Waals surface area contributed by atoms with Crippen LogP contribution in [0.5, 0.6) is 0 Å². The van der Waals surface area contributed by atoms with Crippen LogP contribution in [-0.2, 0) is 16.2 Å². The van der Waals surface area contributed by atoms with E-state index in [1.54, 1.807) is 12.1 Å². The molecule has 61 heavy (non-hydrogen) atoms. The van der Waals surface area contributed by atoms with Gasteiger partial charge in [0, 0.05) is 41.8 Å². The largest absolute Gasteiger partial charge is 0.380 e. The Morgan fingerprint density at radius 3 is 1.20 bits per heavy atom. The van der Waals surface area contributed by atoms with Crippen LogP contribution < -0.4 is 0 Å². The molecule has 2 aliphatic carbocycles. The molecule has 0 radical (unpaired) electrons. The second-order valence-electron chi connectivity index (χ2n) is 20.9. The van der Waals surface area contributed by atoms with Crippen LogP contribution in [0.25, 0.3) is 48.0 Å². The highest BCUT2D eigenvalue weighted by molar-refractivity contribution is 7.19. The average Bonchev–Trinajstić information content (AvgIpc) is 3.83. The third kappa shape index (κ3) is 8.05. The van der Waals surface area contributed by atoms with Gasteiger partial charge in [0.2, 0.25) is 0 Å². The molecule has 2 aromatic heterocycles. The summed E-state index contributed by atoms with van der Waals surface area (Å²) < 4.78 is 100. The van der Waals surface area contributed by atoms with Gasteiger partial charge < -0.3 is 0 Å². The third-order valence-electron chi connectivity index (χ3n) is 12.2. The van der Waals surface area contributed by atoms with Crippen molar-refractivity contribution in [1.82, 2.24) is 0 Å². The molecule has 0 amide bonds. The number of hydrogen-bond donors (Lipinski definition) is 0. The van der Waals surface area contributed by atoms with E-state index in [9.17, 15) is 0 Å². The summed E-state index contributed by atoms with van der Waals surface area (Å²) in [6.45, 7) is 24.9. The molecule has 0 saturated heterocycles. The average molecular weight is 871 g/mol. The van der Waals surface area contributed by atoms with Gasteiger partial charge in [0.25, 0.3) is 0 Å². The van der Waals surface area contributed by atoms with Crippen molar-refractivity contribution < 1.29 is 26.3 Å². The molecular weight excluding hydrogens is 815 g/mol. The standard InChI is InChI=1S/C53H56F6S2/c1-47(2,3)35-21-13-31(14-22-35)41-29-39(45(60-41)33-17-25-37(26-18-33)49(7,8)9)43-44(52(56,57)53(58,59)51(43,54)55)40-30-42(32-15-23-36(24-16-32)48(4,5)6)61-46(40)34-19-27-38(28-20-34)50(10,11)12/h13-27,29-30,38H,28H2,1-12H3. The van der Waals surface area contributed by atoms with E-state index in [0.29, 0.717) is 38.4 Å². The molecule has 0 spiro atoms. The molecule has 0 nitrogen and oxygen atoms in total. The number of benzene rings is 3. The van der Waals surface area contributed by atoms with E-state index in [4.69, 9.17) is 0 Å². The van der Waals surface area contributed by atoms with Crippen LogP contribution in [-0.4, -0.2) is 17.8 Å². The normalized spacial score (nSPS) is 19.1. The van der Waals surface area contributed by atoms with Gasteiger partial charge in [-0.15, -0.1) is 22.7 Å². The van der Waals surface area contributed by atoms with Crippen LogP contribution in [0, 0.1) is 11.3 Å². The lowest BCUT2D eigenvalue weighted by Gasteiger charge is -2.29. The van der Waals surface area contributed by atoms with Crippen molar-refractivity contribution in [2.75, 3.05) is 0 Å². The van der Waals surface area contributed by atoms with Crippen LogP contribution in [0.2, 0.25) is 0 Å². The minimum absolute atomic E-state index is 0.0970. The molecular formula is C53H56F6S2. The highest BCUT2D eigenvalue weighted by atomic mass is 32.1. The van der Waals surface area contributed by atoms with E-state index in [0.717, 1.165) is 39.4 Å². The van der Waals surface area contributed by atoms with E-state index in [1.807, 2.05) is 99.7 Å². The number of alkyl halides is 6. The molecule has 2 heterocycles. The van der Waals surface area contributed by atoms with E-state index in [2.05, 4.69) is 62.3 Å². The smallest absolute Gasteiger partial charge is 0.194 e. The summed E-state index contributed by atoms with van der Waals surface area (Å²) in [5, 5.41) is 0. The molecule has 3 aromatic carbocycles. The zero-order valence-electron chi connectivity index (χ0n) is 37.2. The van der Waals surface area contributed by atoms with E-state index >= 15 is 26.3 Å². The monoisotopic (exact) mass is 870 g/mol. The first-order valence-corrected chi connectivity index (χ1v) is 22.6. The maximum atomic E-state index is 17.0. The number of allylic oxidation sites excluding steroid dienone is 6. The molecule has 8 heteroatoms. The van der Waals surface area contributed by atoms with Gasteiger partial charge in [-0.25, -0.2) is 0 Å². The highest BCUT2D eigenvalue weighted by Gasteiger charge is 2.80. The van der Waals surface area contributed by atoms with Gasteiger partial charge in [-0.05, 0) is 85.1 Å². The predicted octanol–water partition coefficient (Wildman–Crippen LogP) is 17.5. The molecule has 2 aliphatic rings. The fourth-order valence-corrected chi connectivity index (χ4v) is 10.5. The Morgan fingerprint density at radius 2 is 0.852 bits per heavy atom. The summed E-state index contributed by atoms with van der Waals surface area (Å²) >= 11 is 2.30. The van der Waals surface area contributed by atoms with Crippen molar-refractivity contribution in [3.8, 4) is 31.3 Å². The molecule has 0 N–H and O–H groups in total. The minimum atomic E-state index is -5.73. The Morgan fingerprint density at radius 1 is 0.492 bits per heavy atom. The molecule has 0 fully saturated rings. The molecule has 0 bridgehead atoms. The minimum Gasteiger partial charge on any atom is -0.194 e. The highest BCUT2D eigenvalue weighted by Crippen LogP contribution is 2.67. The van der Waals surface area contributed by atoms with E-state index < -0.39 is 28.9 Å². The van der Waals surface area contributed by atoms with Gasteiger partial charge in [-0.1, -0.05) is 174 Å². The van der Waals surface area contributed by atoms with Crippen LogP contribution >= 0.6 is 22.7 Å². The van der Waals surface area contributed by atoms with Crippen LogP contribution in [0.3, 0.4) is 0 Å². The number of thiophene rings is 2. The molecule has 7 rings (SSSR count). The van der Waals surface area contributed by atoms with Crippen LogP contribution in [0.15, 0.2) is 103 Å². The zero-order chi connectivity index (χ0) is 44.9. The van der Waals surface area contributed by atoms with Gasteiger partial charge in [0.1, 0.15) is 0 Å². The molecule has 0 saturated carbocycles. The number of rotatable bonds is 6.